The quantitative estimate of drug-likeness (QED) is 0.263. The van der Waals surface area contributed by atoms with Crippen molar-refractivity contribution in [3.63, 3.8) is 0 Å². The predicted octanol–water partition coefficient (Wildman–Crippen LogP) is 4.67. The molecule has 0 aliphatic heterocycles. The Hall–Kier alpha value is -4.57. The van der Waals surface area contributed by atoms with Crippen LogP contribution in [0.3, 0.4) is 0 Å². The topological polar surface area (TPSA) is 114 Å². The normalized spacial score (nSPS) is 11.7. The largest absolute Gasteiger partial charge is 0.384 e. The first-order valence-electron chi connectivity index (χ1n) is 11.5. The first kappa shape index (κ1) is 21.9. The summed E-state index contributed by atoms with van der Waals surface area (Å²) >= 11 is 0. The van der Waals surface area contributed by atoms with Crippen molar-refractivity contribution >= 4 is 27.5 Å². The highest BCUT2D eigenvalue weighted by molar-refractivity contribution is 6.01. The van der Waals surface area contributed by atoms with Crippen molar-refractivity contribution in [1.82, 2.24) is 40.2 Å². The van der Waals surface area contributed by atoms with E-state index < -0.39 is 0 Å². The number of nitrogens with one attached hydrogen (secondary N) is 4. The summed E-state index contributed by atoms with van der Waals surface area (Å²) in [6, 6.07) is 9.02. The van der Waals surface area contributed by atoms with Gasteiger partial charge in [-0.3, -0.25) is 20.2 Å². The second kappa shape index (κ2) is 8.90. The van der Waals surface area contributed by atoms with Gasteiger partial charge in [0.1, 0.15) is 11.5 Å². The van der Waals surface area contributed by atoms with E-state index in [1.54, 1.807) is 31.0 Å². The van der Waals surface area contributed by atoms with E-state index in [2.05, 4.69) is 45.6 Å². The fourth-order valence-corrected chi connectivity index (χ4v) is 4.35. The molecule has 0 saturated carbocycles. The van der Waals surface area contributed by atoms with Crippen LogP contribution in [0.4, 0.5) is 10.1 Å². The van der Waals surface area contributed by atoms with Crippen LogP contribution in [-0.4, -0.2) is 67.4 Å². The highest BCUT2D eigenvalue weighted by Gasteiger charge is 2.16. The minimum absolute atomic E-state index is 0.301. The summed E-state index contributed by atoms with van der Waals surface area (Å²) in [6.07, 6.45) is 8.84. The molecule has 1 aromatic carbocycles. The van der Waals surface area contributed by atoms with Crippen molar-refractivity contribution in [2.75, 3.05) is 32.5 Å². The van der Waals surface area contributed by atoms with E-state index in [0.717, 1.165) is 67.8 Å². The second-order valence-electron chi connectivity index (χ2n) is 8.96. The summed E-state index contributed by atoms with van der Waals surface area (Å²) in [5, 5.41) is 19.6. The van der Waals surface area contributed by atoms with Gasteiger partial charge in [0.15, 0.2) is 0 Å². The minimum Gasteiger partial charge on any atom is -0.384 e. The molecule has 0 spiro atoms. The third kappa shape index (κ3) is 4.07. The summed E-state index contributed by atoms with van der Waals surface area (Å²) in [4.78, 5) is 14.4. The maximum atomic E-state index is 14.6. The Morgan fingerprint density at radius 2 is 1.86 bits per heavy atom. The predicted molar refractivity (Wildman–Crippen MR) is 139 cm³/mol. The van der Waals surface area contributed by atoms with Gasteiger partial charge in [-0.2, -0.15) is 10.2 Å². The Balaban J connectivity index is 1.41. The molecule has 6 aromatic rings. The van der Waals surface area contributed by atoms with Crippen LogP contribution < -0.4 is 5.32 Å². The van der Waals surface area contributed by atoms with E-state index in [9.17, 15) is 4.39 Å². The Bertz CT molecular complexity index is 1660. The lowest BCUT2D eigenvalue weighted by Crippen LogP contribution is -2.20. The summed E-state index contributed by atoms with van der Waals surface area (Å²) in [6.45, 7) is 1.56. The van der Waals surface area contributed by atoms with Crippen LogP contribution in [-0.2, 0) is 0 Å². The lowest BCUT2D eigenvalue weighted by molar-refractivity contribution is 0.425. The molecule has 36 heavy (non-hydrogen) atoms. The van der Waals surface area contributed by atoms with Crippen molar-refractivity contribution in [3.8, 4) is 33.8 Å². The zero-order valence-electron chi connectivity index (χ0n) is 19.8. The molecular weight excluding hydrogens is 457 g/mol. The maximum Gasteiger partial charge on any atom is 0.125 e. The Morgan fingerprint density at radius 1 is 0.944 bits per heavy atom. The van der Waals surface area contributed by atoms with Gasteiger partial charge in [0.25, 0.3) is 0 Å². The molecule has 0 fully saturated rings. The summed E-state index contributed by atoms with van der Waals surface area (Å²) in [5.74, 6) is -0.301. The molecule has 0 unspecified atom stereocenters. The fraction of sp³-hybridized carbons (Fsp3) is 0.154. The number of aromatic amines is 3. The van der Waals surface area contributed by atoms with Gasteiger partial charge < -0.3 is 15.2 Å². The molecule has 0 radical (unpaired) electrons. The van der Waals surface area contributed by atoms with Crippen LogP contribution in [0.2, 0.25) is 0 Å². The van der Waals surface area contributed by atoms with Crippen molar-refractivity contribution < 1.29 is 4.39 Å². The summed E-state index contributed by atoms with van der Waals surface area (Å²) in [7, 11) is 4.01. The van der Waals surface area contributed by atoms with Crippen molar-refractivity contribution in [2.24, 2.45) is 0 Å². The fourth-order valence-electron chi connectivity index (χ4n) is 4.35. The SMILES string of the molecule is CN(C)CCNc1cc(F)cc(-c2cncc3[nH]c(-c4n[nH]c5cnc(-c6cn[nH]c6)cc45)cc23)c1. The molecule has 4 N–H and O–H groups in total. The van der Waals surface area contributed by atoms with Gasteiger partial charge >= 0.3 is 0 Å². The summed E-state index contributed by atoms with van der Waals surface area (Å²) in [5.41, 5.74) is 7.29. The van der Waals surface area contributed by atoms with Crippen LogP contribution in [0, 0.1) is 5.82 Å². The first-order valence-corrected chi connectivity index (χ1v) is 11.5. The number of aromatic nitrogens is 7. The molecule has 6 rings (SSSR count). The molecule has 0 aliphatic carbocycles. The Labute approximate surface area is 205 Å². The van der Waals surface area contributed by atoms with Crippen molar-refractivity contribution in [1.29, 1.82) is 0 Å². The molecule has 0 amide bonds. The lowest BCUT2D eigenvalue weighted by Gasteiger charge is -2.13. The second-order valence-corrected chi connectivity index (χ2v) is 8.96. The number of halogens is 1. The van der Waals surface area contributed by atoms with Gasteiger partial charge in [0.2, 0.25) is 0 Å². The number of hydrogen-bond acceptors (Lipinski definition) is 6. The molecule has 0 bridgehead atoms. The van der Waals surface area contributed by atoms with E-state index in [-0.39, 0.29) is 5.82 Å². The third-order valence-corrected chi connectivity index (χ3v) is 6.14. The number of likely N-dealkylation sites (N-methyl/N-ethyl adjacent to an activating group) is 1. The van der Waals surface area contributed by atoms with Crippen LogP contribution in [0.1, 0.15) is 0 Å². The zero-order chi connectivity index (χ0) is 24.6. The van der Waals surface area contributed by atoms with Gasteiger partial charge in [-0.1, -0.05) is 0 Å². The minimum atomic E-state index is -0.301. The van der Waals surface area contributed by atoms with Gasteiger partial charge in [-0.25, -0.2) is 4.39 Å². The maximum absolute atomic E-state index is 14.6. The van der Waals surface area contributed by atoms with Crippen molar-refractivity contribution in [2.45, 2.75) is 0 Å². The number of fused-ring (bicyclic) bond motifs is 2. The Kier molecular flexibility index (Phi) is 5.42. The van der Waals surface area contributed by atoms with Gasteiger partial charge in [-0.15, -0.1) is 0 Å². The molecule has 5 heterocycles. The molecule has 180 valence electrons. The van der Waals surface area contributed by atoms with Crippen LogP contribution in [0.5, 0.6) is 0 Å². The highest BCUT2D eigenvalue weighted by Crippen LogP contribution is 2.35. The highest BCUT2D eigenvalue weighted by atomic mass is 19.1. The molecule has 10 heteroatoms. The van der Waals surface area contributed by atoms with E-state index in [1.165, 1.54) is 12.1 Å². The van der Waals surface area contributed by atoms with Crippen molar-refractivity contribution in [3.05, 3.63) is 67.1 Å². The molecule has 5 aromatic heterocycles. The zero-order valence-corrected chi connectivity index (χ0v) is 19.8. The van der Waals surface area contributed by atoms with Crippen LogP contribution in [0.15, 0.2) is 61.3 Å². The van der Waals surface area contributed by atoms with Crippen LogP contribution in [0.25, 0.3) is 55.6 Å². The third-order valence-electron chi connectivity index (χ3n) is 6.14. The molecular formula is C26H24FN9. The average molecular weight is 482 g/mol. The monoisotopic (exact) mass is 481 g/mol. The first-order chi connectivity index (χ1) is 17.5. The standard InChI is InChI=1S/C26H24FN9/c1-36(2)4-3-29-18-6-15(5-17(27)7-18)21-12-28-13-24-19(21)8-23(33-24)26-20-9-22(16-10-31-32-11-16)30-14-25(20)34-35-26/h5-14,29,33H,3-4H2,1-2H3,(H,31,32)(H,34,35). The van der Waals surface area contributed by atoms with E-state index in [1.807, 2.05) is 32.3 Å². The molecule has 0 saturated heterocycles. The number of H-pyrrole nitrogens is 3. The smallest absolute Gasteiger partial charge is 0.125 e. The van der Waals surface area contributed by atoms with Gasteiger partial charge in [-0.05, 0) is 50.0 Å². The number of nitrogens with zero attached hydrogens (tertiary/aromatic N) is 5. The number of benzene rings is 1. The van der Waals surface area contributed by atoms with Crippen LogP contribution >= 0.6 is 0 Å². The van der Waals surface area contributed by atoms with E-state index in [0.29, 0.717) is 6.54 Å². The van der Waals surface area contributed by atoms with Gasteiger partial charge in [0, 0.05) is 53.1 Å². The molecule has 9 nitrogen and oxygen atoms in total. The van der Waals surface area contributed by atoms with Gasteiger partial charge in [0.05, 0.1) is 41.0 Å². The number of hydrogen-bond donors (Lipinski definition) is 4. The summed E-state index contributed by atoms with van der Waals surface area (Å²) < 4.78 is 14.6. The van der Waals surface area contributed by atoms with E-state index in [4.69, 9.17) is 0 Å². The number of anilines is 1. The number of pyridine rings is 2. The Morgan fingerprint density at radius 3 is 2.69 bits per heavy atom. The average Bonchev–Trinajstić information content (AvgIpc) is 3.62. The van der Waals surface area contributed by atoms with E-state index >= 15 is 0 Å². The lowest BCUT2D eigenvalue weighted by atomic mass is 10.0. The molecule has 0 atom stereocenters. The molecule has 0 aliphatic rings. The number of rotatable bonds is 7.